The van der Waals surface area contributed by atoms with Gasteiger partial charge in [-0.15, -0.1) is 0 Å². The highest BCUT2D eigenvalue weighted by molar-refractivity contribution is 5.77. The van der Waals surface area contributed by atoms with Crippen LogP contribution in [0.15, 0.2) is 11.5 Å². The normalized spacial score (nSPS) is 14.6. The van der Waals surface area contributed by atoms with Gasteiger partial charge in [0.25, 0.3) is 0 Å². The molecular formula is C13H20O8. The van der Waals surface area contributed by atoms with Crippen LogP contribution >= 0.6 is 0 Å². The third-order valence-corrected chi connectivity index (χ3v) is 2.71. The number of rotatable bonds is 9. The van der Waals surface area contributed by atoms with Crippen LogP contribution in [0.2, 0.25) is 0 Å². The van der Waals surface area contributed by atoms with Crippen molar-refractivity contribution in [1.82, 2.24) is 0 Å². The summed E-state index contributed by atoms with van der Waals surface area (Å²) in [5.41, 5.74) is 0. The summed E-state index contributed by atoms with van der Waals surface area (Å²) in [6, 6.07) is 0. The lowest BCUT2D eigenvalue weighted by Gasteiger charge is -2.20. The van der Waals surface area contributed by atoms with Crippen LogP contribution in [0.5, 0.6) is 0 Å². The first-order valence-corrected chi connectivity index (χ1v) is 6.26. The molecule has 0 aromatic rings. The number of hydrogen-bond acceptors (Lipinski definition) is 8. The van der Waals surface area contributed by atoms with Gasteiger partial charge < -0.3 is 29.6 Å². The van der Waals surface area contributed by atoms with Crippen molar-refractivity contribution >= 4 is 18.2 Å². The van der Waals surface area contributed by atoms with Crippen LogP contribution in [0.3, 0.4) is 0 Å². The lowest BCUT2D eigenvalue weighted by atomic mass is 9.96. The second kappa shape index (κ2) is 9.76. The first-order valence-electron chi connectivity index (χ1n) is 6.26. The molecule has 0 rings (SSSR count). The Morgan fingerprint density at radius 2 is 1.76 bits per heavy atom. The standard InChI is InChI=1S/C13H20O8/c1-8(15)13(19)9(5-6-14)10(16)7-21-12(18)4-3-11(17)20-2/h6,9-10,15-16,19H,3-5,7H2,1-2H3/b13-8-. The molecule has 8 nitrogen and oxygen atoms in total. The lowest BCUT2D eigenvalue weighted by Crippen LogP contribution is -2.29. The molecule has 0 fully saturated rings. The van der Waals surface area contributed by atoms with Gasteiger partial charge in [-0.3, -0.25) is 9.59 Å². The molecule has 8 heteroatoms. The van der Waals surface area contributed by atoms with Crippen molar-refractivity contribution in [2.45, 2.75) is 32.3 Å². The summed E-state index contributed by atoms with van der Waals surface area (Å²) >= 11 is 0. The molecule has 0 amide bonds. The lowest BCUT2D eigenvalue weighted by molar-refractivity contribution is -0.151. The van der Waals surface area contributed by atoms with Crippen molar-refractivity contribution in [3.63, 3.8) is 0 Å². The molecule has 3 N–H and O–H groups in total. The zero-order valence-electron chi connectivity index (χ0n) is 11.9. The number of carbonyl (C=O) groups is 3. The van der Waals surface area contributed by atoms with E-state index in [1.165, 1.54) is 14.0 Å². The summed E-state index contributed by atoms with van der Waals surface area (Å²) in [7, 11) is 1.19. The molecule has 0 aliphatic carbocycles. The fourth-order valence-electron chi connectivity index (χ4n) is 1.50. The topological polar surface area (TPSA) is 130 Å². The molecule has 120 valence electrons. The first kappa shape index (κ1) is 18.9. The molecule has 2 atom stereocenters. The molecule has 0 aliphatic heterocycles. The minimum absolute atomic E-state index is 0.149. The maximum atomic E-state index is 11.3. The number of aldehydes is 1. The van der Waals surface area contributed by atoms with Gasteiger partial charge in [0.1, 0.15) is 24.4 Å². The van der Waals surface area contributed by atoms with Crippen LogP contribution in [0, 0.1) is 5.92 Å². The summed E-state index contributed by atoms with van der Waals surface area (Å²) < 4.78 is 9.08. The van der Waals surface area contributed by atoms with Gasteiger partial charge in [0.2, 0.25) is 0 Å². The molecule has 2 unspecified atom stereocenters. The molecule has 0 heterocycles. The molecule has 0 radical (unpaired) electrons. The first-order chi connectivity index (χ1) is 9.83. The molecule has 0 bridgehead atoms. The average molecular weight is 304 g/mol. The number of aliphatic hydroxyl groups is 3. The number of methoxy groups -OCH3 is 1. The van der Waals surface area contributed by atoms with Gasteiger partial charge in [0, 0.05) is 6.42 Å². The summed E-state index contributed by atoms with van der Waals surface area (Å²) in [5.74, 6) is -3.34. The second-order valence-corrected chi connectivity index (χ2v) is 4.31. The van der Waals surface area contributed by atoms with E-state index in [4.69, 9.17) is 9.84 Å². The van der Waals surface area contributed by atoms with Crippen molar-refractivity contribution in [2.24, 2.45) is 5.92 Å². The monoisotopic (exact) mass is 304 g/mol. The summed E-state index contributed by atoms with van der Waals surface area (Å²) in [6.07, 6.45) is -1.50. The molecule has 0 spiro atoms. The Labute approximate surface area is 122 Å². The van der Waals surface area contributed by atoms with Crippen LogP contribution in [0.25, 0.3) is 0 Å². The number of allylic oxidation sites excluding steroid dienone is 1. The predicted molar refractivity (Wildman–Crippen MR) is 70.3 cm³/mol. The second-order valence-electron chi connectivity index (χ2n) is 4.31. The van der Waals surface area contributed by atoms with E-state index in [0.29, 0.717) is 6.29 Å². The molecule has 0 saturated carbocycles. The Morgan fingerprint density at radius 3 is 2.24 bits per heavy atom. The van der Waals surface area contributed by atoms with Crippen molar-refractivity contribution in [1.29, 1.82) is 0 Å². The highest BCUT2D eigenvalue weighted by atomic mass is 16.5. The average Bonchev–Trinajstić information content (AvgIpc) is 2.46. The maximum absolute atomic E-state index is 11.3. The maximum Gasteiger partial charge on any atom is 0.306 e. The zero-order chi connectivity index (χ0) is 16.4. The third-order valence-electron chi connectivity index (χ3n) is 2.71. The third kappa shape index (κ3) is 7.31. The molecule has 0 aromatic carbocycles. The molecule has 21 heavy (non-hydrogen) atoms. The SMILES string of the molecule is COC(=O)CCC(=O)OCC(O)C(CC=O)/C(O)=C(\C)O. The van der Waals surface area contributed by atoms with E-state index in [1.54, 1.807) is 0 Å². The molecule has 0 saturated heterocycles. The van der Waals surface area contributed by atoms with Crippen LogP contribution in [-0.2, 0) is 23.9 Å². The van der Waals surface area contributed by atoms with E-state index in [1.807, 2.05) is 0 Å². The highest BCUT2D eigenvalue weighted by Gasteiger charge is 2.26. The molecular weight excluding hydrogens is 284 g/mol. The van der Waals surface area contributed by atoms with Gasteiger partial charge >= 0.3 is 11.9 Å². The predicted octanol–water partition coefficient (Wildman–Crippen LogP) is 0.396. The van der Waals surface area contributed by atoms with Crippen molar-refractivity contribution < 1.29 is 39.2 Å². The van der Waals surface area contributed by atoms with Gasteiger partial charge in [-0.05, 0) is 6.92 Å². The highest BCUT2D eigenvalue weighted by Crippen LogP contribution is 2.19. The molecule has 0 aliphatic rings. The minimum Gasteiger partial charge on any atom is -0.509 e. The van der Waals surface area contributed by atoms with Gasteiger partial charge in [0.15, 0.2) is 0 Å². The number of carbonyl (C=O) groups excluding carboxylic acids is 3. The number of ether oxygens (including phenoxy) is 2. The zero-order valence-corrected chi connectivity index (χ0v) is 11.9. The fourth-order valence-corrected chi connectivity index (χ4v) is 1.50. The smallest absolute Gasteiger partial charge is 0.306 e. The summed E-state index contributed by atoms with van der Waals surface area (Å²) in [5, 5.41) is 28.5. The Balaban J connectivity index is 4.41. The molecule has 0 aromatic heterocycles. The largest absolute Gasteiger partial charge is 0.509 e. The van der Waals surface area contributed by atoms with Crippen molar-refractivity contribution in [3.05, 3.63) is 11.5 Å². The summed E-state index contributed by atoms with van der Waals surface area (Å²) in [4.78, 5) is 32.7. The van der Waals surface area contributed by atoms with Gasteiger partial charge in [-0.25, -0.2) is 0 Å². The Hall–Kier alpha value is -2.09. The van der Waals surface area contributed by atoms with Crippen LogP contribution in [0.4, 0.5) is 0 Å². The van der Waals surface area contributed by atoms with Gasteiger partial charge in [-0.2, -0.15) is 0 Å². The number of hydrogen-bond donors (Lipinski definition) is 3. The quantitative estimate of drug-likeness (QED) is 0.317. The van der Waals surface area contributed by atoms with Crippen LogP contribution in [-0.4, -0.2) is 53.4 Å². The van der Waals surface area contributed by atoms with E-state index < -0.39 is 42.1 Å². The Bertz CT molecular complexity index is 397. The van der Waals surface area contributed by atoms with Crippen LogP contribution in [0.1, 0.15) is 26.2 Å². The van der Waals surface area contributed by atoms with E-state index in [2.05, 4.69) is 4.74 Å². The fraction of sp³-hybridized carbons (Fsp3) is 0.615. The number of aliphatic hydroxyl groups excluding tert-OH is 3. The van der Waals surface area contributed by atoms with E-state index >= 15 is 0 Å². The van der Waals surface area contributed by atoms with E-state index in [9.17, 15) is 24.6 Å². The summed E-state index contributed by atoms with van der Waals surface area (Å²) in [6.45, 7) is 0.720. The van der Waals surface area contributed by atoms with Crippen molar-refractivity contribution in [3.8, 4) is 0 Å². The van der Waals surface area contributed by atoms with Gasteiger partial charge in [0.05, 0.1) is 32.0 Å². The van der Waals surface area contributed by atoms with E-state index in [-0.39, 0.29) is 19.3 Å². The van der Waals surface area contributed by atoms with Gasteiger partial charge in [-0.1, -0.05) is 0 Å². The van der Waals surface area contributed by atoms with Crippen molar-refractivity contribution in [2.75, 3.05) is 13.7 Å². The van der Waals surface area contributed by atoms with Crippen LogP contribution < -0.4 is 0 Å². The number of esters is 2. The Kier molecular flexibility index (Phi) is 8.79. The minimum atomic E-state index is -1.36. The van der Waals surface area contributed by atoms with E-state index in [0.717, 1.165) is 0 Å². The Morgan fingerprint density at radius 1 is 1.19 bits per heavy atom.